The summed E-state index contributed by atoms with van der Waals surface area (Å²) < 4.78 is 9.89. The molecule has 1 aromatic carbocycles. The van der Waals surface area contributed by atoms with Crippen LogP contribution < -0.4 is 10.5 Å². The zero-order valence-corrected chi connectivity index (χ0v) is 11.8. The lowest BCUT2D eigenvalue weighted by atomic mass is 10.1. The van der Waals surface area contributed by atoms with E-state index in [2.05, 4.69) is 4.74 Å². The number of benzene rings is 1. The largest absolute Gasteiger partial charge is 0.496 e. The van der Waals surface area contributed by atoms with Crippen LogP contribution in [0.3, 0.4) is 0 Å². The van der Waals surface area contributed by atoms with Gasteiger partial charge in [0.2, 0.25) is 0 Å². The summed E-state index contributed by atoms with van der Waals surface area (Å²) in [5, 5.41) is 0. The van der Waals surface area contributed by atoms with E-state index < -0.39 is 0 Å². The Labute approximate surface area is 112 Å². The minimum atomic E-state index is -0.220. The lowest BCUT2D eigenvalue weighted by Gasteiger charge is -2.12. The first-order chi connectivity index (χ1) is 8.58. The van der Waals surface area contributed by atoms with Gasteiger partial charge in [0.25, 0.3) is 0 Å². The molecule has 0 bridgehead atoms. The summed E-state index contributed by atoms with van der Waals surface area (Å²) in [6.07, 6.45) is 0. The minimum Gasteiger partial charge on any atom is -0.496 e. The highest BCUT2D eigenvalue weighted by molar-refractivity contribution is 7.99. The van der Waals surface area contributed by atoms with Gasteiger partial charge in [-0.15, -0.1) is 11.8 Å². The molecule has 18 heavy (non-hydrogen) atoms. The standard InChI is InChI=1S/C13H19NO3S/c1-9(14)10-4-5-12(16-2)11(6-10)7-18-8-13(15)17-3/h4-6,9H,7-8,14H2,1-3H3. The van der Waals surface area contributed by atoms with E-state index in [4.69, 9.17) is 10.5 Å². The van der Waals surface area contributed by atoms with Crippen LogP contribution in [0.15, 0.2) is 18.2 Å². The third-order valence-electron chi connectivity index (χ3n) is 2.54. The zero-order valence-electron chi connectivity index (χ0n) is 10.9. The monoisotopic (exact) mass is 269 g/mol. The van der Waals surface area contributed by atoms with E-state index in [0.29, 0.717) is 11.5 Å². The normalized spacial score (nSPS) is 12.0. The second kappa shape index (κ2) is 7.28. The van der Waals surface area contributed by atoms with Crippen molar-refractivity contribution in [2.24, 2.45) is 5.73 Å². The van der Waals surface area contributed by atoms with Gasteiger partial charge in [-0.2, -0.15) is 0 Å². The van der Waals surface area contributed by atoms with Crippen molar-refractivity contribution in [2.75, 3.05) is 20.0 Å². The maximum atomic E-state index is 11.0. The Balaban J connectivity index is 2.72. The number of ether oxygens (including phenoxy) is 2. The second-order valence-electron chi connectivity index (χ2n) is 3.93. The van der Waals surface area contributed by atoms with Crippen molar-refractivity contribution in [3.05, 3.63) is 29.3 Å². The van der Waals surface area contributed by atoms with Crippen LogP contribution in [0.5, 0.6) is 5.75 Å². The Morgan fingerprint density at radius 3 is 2.72 bits per heavy atom. The summed E-state index contributed by atoms with van der Waals surface area (Å²) in [6, 6.07) is 5.87. The second-order valence-corrected chi connectivity index (χ2v) is 4.91. The molecule has 0 aliphatic heterocycles. The molecular formula is C13H19NO3S. The number of hydrogen-bond donors (Lipinski definition) is 1. The Kier molecular flexibility index (Phi) is 6.01. The fourth-order valence-electron chi connectivity index (χ4n) is 1.50. The van der Waals surface area contributed by atoms with Gasteiger partial charge in [0, 0.05) is 17.4 Å². The van der Waals surface area contributed by atoms with E-state index in [-0.39, 0.29) is 12.0 Å². The molecule has 4 nitrogen and oxygen atoms in total. The average Bonchev–Trinajstić information content (AvgIpc) is 2.38. The van der Waals surface area contributed by atoms with Crippen LogP contribution in [0.2, 0.25) is 0 Å². The predicted molar refractivity (Wildman–Crippen MR) is 73.8 cm³/mol. The van der Waals surface area contributed by atoms with Gasteiger partial charge in [0.1, 0.15) is 5.75 Å². The highest BCUT2D eigenvalue weighted by Gasteiger charge is 2.08. The van der Waals surface area contributed by atoms with Gasteiger partial charge < -0.3 is 15.2 Å². The van der Waals surface area contributed by atoms with Crippen molar-refractivity contribution in [3.63, 3.8) is 0 Å². The molecule has 2 N–H and O–H groups in total. The van der Waals surface area contributed by atoms with Crippen LogP contribution in [0.4, 0.5) is 0 Å². The lowest BCUT2D eigenvalue weighted by Crippen LogP contribution is -2.06. The van der Waals surface area contributed by atoms with Crippen LogP contribution in [0.1, 0.15) is 24.1 Å². The molecule has 1 aromatic rings. The smallest absolute Gasteiger partial charge is 0.315 e. The van der Waals surface area contributed by atoms with Crippen LogP contribution in [0.25, 0.3) is 0 Å². The third-order valence-corrected chi connectivity index (χ3v) is 3.49. The first-order valence-corrected chi connectivity index (χ1v) is 6.81. The summed E-state index contributed by atoms with van der Waals surface area (Å²) in [6.45, 7) is 1.94. The summed E-state index contributed by atoms with van der Waals surface area (Å²) in [4.78, 5) is 11.0. The summed E-state index contributed by atoms with van der Waals surface area (Å²) in [5.41, 5.74) is 7.95. The fourth-order valence-corrected chi connectivity index (χ4v) is 2.33. The zero-order chi connectivity index (χ0) is 13.5. The lowest BCUT2D eigenvalue weighted by molar-refractivity contribution is -0.137. The van der Waals surface area contributed by atoms with Crippen LogP contribution in [-0.4, -0.2) is 25.9 Å². The van der Waals surface area contributed by atoms with Crippen LogP contribution >= 0.6 is 11.8 Å². The SMILES string of the molecule is COC(=O)CSCc1cc(C(C)N)ccc1OC. The molecule has 1 rings (SSSR count). The molecule has 0 radical (unpaired) electrons. The Morgan fingerprint density at radius 2 is 2.17 bits per heavy atom. The van der Waals surface area contributed by atoms with Crippen molar-refractivity contribution in [1.82, 2.24) is 0 Å². The molecule has 0 spiro atoms. The van der Waals surface area contributed by atoms with E-state index in [9.17, 15) is 4.79 Å². The number of methoxy groups -OCH3 is 2. The summed E-state index contributed by atoms with van der Waals surface area (Å²) in [7, 11) is 3.02. The first-order valence-electron chi connectivity index (χ1n) is 5.65. The summed E-state index contributed by atoms with van der Waals surface area (Å²) in [5.74, 6) is 1.63. The van der Waals surface area contributed by atoms with E-state index in [1.54, 1.807) is 7.11 Å². The van der Waals surface area contributed by atoms with Gasteiger partial charge in [-0.1, -0.05) is 6.07 Å². The number of esters is 1. The molecule has 0 heterocycles. The molecular weight excluding hydrogens is 250 g/mol. The quantitative estimate of drug-likeness (QED) is 0.802. The van der Waals surface area contributed by atoms with E-state index in [0.717, 1.165) is 16.9 Å². The van der Waals surface area contributed by atoms with Crippen LogP contribution in [0, 0.1) is 0 Å². The average molecular weight is 269 g/mol. The molecule has 0 aromatic heterocycles. The molecule has 0 aliphatic carbocycles. The number of rotatable bonds is 6. The topological polar surface area (TPSA) is 61.5 Å². The molecule has 100 valence electrons. The number of nitrogens with two attached hydrogens (primary N) is 1. The molecule has 1 unspecified atom stereocenters. The van der Waals surface area contributed by atoms with E-state index in [1.165, 1.54) is 18.9 Å². The molecule has 0 aliphatic rings. The van der Waals surface area contributed by atoms with Gasteiger partial charge in [-0.25, -0.2) is 0 Å². The number of thioether (sulfide) groups is 1. The van der Waals surface area contributed by atoms with Crippen molar-refractivity contribution in [2.45, 2.75) is 18.7 Å². The van der Waals surface area contributed by atoms with Gasteiger partial charge >= 0.3 is 5.97 Å². The van der Waals surface area contributed by atoms with Crippen molar-refractivity contribution >= 4 is 17.7 Å². The molecule has 0 saturated carbocycles. The number of hydrogen-bond acceptors (Lipinski definition) is 5. The first kappa shape index (κ1) is 14.9. The molecule has 0 fully saturated rings. The number of carbonyl (C=O) groups is 1. The van der Waals surface area contributed by atoms with E-state index in [1.807, 2.05) is 25.1 Å². The Morgan fingerprint density at radius 1 is 1.44 bits per heavy atom. The van der Waals surface area contributed by atoms with Crippen molar-refractivity contribution in [1.29, 1.82) is 0 Å². The van der Waals surface area contributed by atoms with Gasteiger partial charge in [0.15, 0.2) is 0 Å². The van der Waals surface area contributed by atoms with Crippen molar-refractivity contribution < 1.29 is 14.3 Å². The van der Waals surface area contributed by atoms with E-state index >= 15 is 0 Å². The van der Waals surface area contributed by atoms with Gasteiger partial charge in [-0.05, 0) is 24.6 Å². The predicted octanol–water partition coefficient (Wildman–Crippen LogP) is 2.12. The molecule has 0 amide bonds. The number of carbonyl (C=O) groups excluding carboxylic acids is 1. The van der Waals surface area contributed by atoms with Crippen molar-refractivity contribution in [3.8, 4) is 5.75 Å². The maximum absolute atomic E-state index is 11.0. The highest BCUT2D eigenvalue weighted by atomic mass is 32.2. The molecule has 1 atom stereocenters. The summed E-state index contributed by atoms with van der Waals surface area (Å²) >= 11 is 1.49. The minimum absolute atomic E-state index is 0.0136. The third kappa shape index (κ3) is 4.23. The van der Waals surface area contributed by atoms with Crippen LogP contribution in [-0.2, 0) is 15.3 Å². The molecule has 0 saturated heterocycles. The Bertz CT molecular complexity index is 407. The van der Waals surface area contributed by atoms with Gasteiger partial charge in [-0.3, -0.25) is 4.79 Å². The fraction of sp³-hybridized carbons (Fsp3) is 0.462. The maximum Gasteiger partial charge on any atom is 0.315 e. The Hall–Kier alpha value is -1.20. The highest BCUT2D eigenvalue weighted by Crippen LogP contribution is 2.26. The molecule has 5 heteroatoms. The van der Waals surface area contributed by atoms with Gasteiger partial charge in [0.05, 0.1) is 20.0 Å².